The zero-order valence-electron chi connectivity index (χ0n) is 10.6. The number of hydrogen-bond acceptors (Lipinski definition) is 4. The molecule has 0 saturated carbocycles. The van der Waals surface area contributed by atoms with Crippen molar-refractivity contribution in [2.45, 2.75) is 30.7 Å². The van der Waals surface area contributed by atoms with Crippen LogP contribution in [0.2, 0.25) is 0 Å². The quantitative estimate of drug-likeness (QED) is 0.643. The number of benzene rings is 1. The lowest BCUT2D eigenvalue weighted by molar-refractivity contribution is 0.246. The molecule has 0 bridgehead atoms. The summed E-state index contributed by atoms with van der Waals surface area (Å²) in [7, 11) is -3.77. The number of anilines is 1. The van der Waals surface area contributed by atoms with E-state index in [9.17, 15) is 8.42 Å². The third kappa shape index (κ3) is 4.42. The maximum atomic E-state index is 12.4. The van der Waals surface area contributed by atoms with E-state index in [2.05, 4.69) is 36.6 Å². The zero-order chi connectivity index (χ0) is 14.8. The predicted octanol–water partition coefficient (Wildman–Crippen LogP) is 2.23. The van der Waals surface area contributed by atoms with Gasteiger partial charge in [0.2, 0.25) is 10.0 Å². The van der Waals surface area contributed by atoms with Crippen LogP contribution in [0.25, 0.3) is 0 Å². The van der Waals surface area contributed by atoms with Crippen LogP contribution in [-0.2, 0) is 10.0 Å². The SMILES string of the molecule is CC(C)(CCO)NS(=O)(=O)c1c(N)cc(Br)cc1Br. The van der Waals surface area contributed by atoms with Gasteiger partial charge < -0.3 is 10.8 Å². The molecule has 0 aliphatic heterocycles. The summed E-state index contributed by atoms with van der Waals surface area (Å²) in [6.07, 6.45) is 0.306. The second-order valence-electron chi connectivity index (χ2n) is 4.77. The Morgan fingerprint density at radius 3 is 2.42 bits per heavy atom. The summed E-state index contributed by atoms with van der Waals surface area (Å²) in [6.45, 7) is 3.29. The Hall–Kier alpha value is -0.150. The molecular formula is C11H16Br2N2O3S. The number of sulfonamides is 1. The zero-order valence-corrected chi connectivity index (χ0v) is 14.6. The first kappa shape index (κ1) is 16.9. The van der Waals surface area contributed by atoms with E-state index >= 15 is 0 Å². The lowest BCUT2D eigenvalue weighted by Gasteiger charge is -2.25. The summed E-state index contributed by atoms with van der Waals surface area (Å²) in [5, 5.41) is 8.94. The molecule has 5 nitrogen and oxygen atoms in total. The number of nitrogen functional groups attached to an aromatic ring is 1. The molecule has 0 aliphatic carbocycles. The van der Waals surface area contributed by atoms with E-state index in [1.165, 1.54) is 6.07 Å². The Kier molecular flexibility index (Phi) is 5.42. The van der Waals surface area contributed by atoms with Gasteiger partial charge in [0.25, 0.3) is 0 Å². The second-order valence-corrected chi connectivity index (χ2v) is 8.16. The number of halogens is 2. The summed E-state index contributed by atoms with van der Waals surface area (Å²) in [5.74, 6) is 0. The molecule has 0 spiro atoms. The van der Waals surface area contributed by atoms with Crippen molar-refractivity contribution in [3.05, 3.63) is 21.1 Å². The van der Waals surface area contributed by atoms with Crippen LogP contribution < -0.4 is 10.5 Å². The molecule has 0 amide bonds. The van der Waals surface area contributed by atoms with Crippen LogP contribution in [0, 0.1) is 0 Å². The second kappa shape index (κ2) is 6.09. The minimum Gasteiger partial charge on any atom is -0.398 e. The minimum atomic E-state index is -3.77. The largest absolute Gasteiger partial charge is 0.398 e. The Balaban J connectivity index is 3.22. The molecular weight excluding hydrogens is 400 g/mol. The molecule has 4 N–H and O–H groups in total. The molecule has 0 saturated heterocycles. The number of aliphatic hydroxyl groups excluding tert-OH is 1. The molecule has 1 rings (SSSR count). The van der Waals surface area contributed by atoms with Gasteiger partial charge in [0.05, 0.1) is 5.69 Å². The van der Waals surface area contributed by atoms with Gasteiger partial charge in [-0.15, -0.1) is 0 Å². The highest BCUT2D eigenvalue weighted by molar-refractivity contribution is 9.11. The Morgan fingerprint density at radius 1 is 1.37 bits per heavy atom. The lowest BCUT2D eigenvalue weighted by Crippen LogP contribution is -2.44. The van der Waals surface area contributed by atoms with Crippen molar-refractivity contribution < 1.29 is 13.5 Å². The molecule has 1 aromatic rings. The minimum absolute atomic E-state index is 0.00159. The summed E-state index contributed by atoms with van der Waals surface area (Å²) < 4.78 is 28.3. The van der Waals surface area contributed by atoms with E-state index in [0.717, 1.165) is 0 Å². The maximum Gasteiger partial charge on any atom is 0.244 e. The third-order valence-corrected chi connectivity index (χ3v) is 5.61. The maximum absolute atomic E-state index is 12.4. The highest BCUT2D eigenvalue weighted by Crippen LogP contribution is 2.32. The standard InChI is InChI=1S/C11H16Br2N2O3S/c1-11(2,3-4-16)15-19(17,18)10-8(13)5-7(12)6-9(10)14/h5-6,15-16H,3-4,14H2,1-2H3. The predicted molar refractivity (Wildman–Crippen MR) is 82.4 cm³/mol. The molecule has 108 valence electrons. The van der Waals surface area contributed by atoms with Crippen LogP contribution in [0.4, 0.5) is 5.69 Å². The van der Waals surface area contributed by atoms with Gasteiger partial charge in [0.15, 0.2) is 0 Å². The molecule has 8 heteroatoms. The first-order valence-corrected chi connectivity index (χ1v) is 8.55. The number of hydrogen-bond donors (Lipinski definition) is 3. The van der Waals surface area contributed by atoms with Gasteiger partial charge in [0.1, 0.15) is 4.90 Å². The van der Waals surface area contributed by atoms with Gasteiger partial charge in [-0.3, -0.25) is 0 Å². The van der Waals surface area contributed by atoms with Crippen LogP contribution in [0.3, 0.4) is 0 Å². The van der Waals surface area contributed by atoms with Crippen molar-refractivity contribution in [2.24, 2.45) is 0 Å². The van der Waals surface area contributed by atoms with Gasteiger partial charge in [-0.25, -0.2) is 13.1 Å². The smallest absolute Gasteiger partial charge is 0.244 e. The van der Waals surface area contributed by atoms with Crippen molar-refractivity contribution in [2.75, 3.05) is 12.3 Å². The fraction of sp³-hybridized carbons (Fsp3) is 0.455. The van der Waals surface area contributed by atoms with E-state index in [0.29, 0.717) is 15.4 Å². The Bertz CT molecular complexity index is 550. The first-order chi connectivity index (χ1) is 8.59. The summed E-state index contributed by atoms with van der Waals surface area (Å²) in [5.41, 5.74) is 5.16. The van der Waals surface area contributed by atoms with E-state index in [1.807, 2.05) is 0 Å². The molecule has 0 unspecified atom stereocenters. The van der Waals surface area contributed by atoms with Gasteiger partial charge in [-0.2, -0.15) is 0 Å². The molecule has 19 heavy (non-hydrogen) atoms. The summed E-state index contributed by atoms with van der Waals surface area (Å²) in [6, 6.07) is 3.14. The normalized spacial score (nSPS) is 12.7. The molecule has 1 aromatic carbocycles. The Labute approximate surface area is 129 Å². The number of aliphatic hydroxyl groups is 1. The number of rotatable bonds is 5. The fourth-order valence-electron chi connectivity index (χ4n) is 1.61. The van der Waals surface area contributed by atoms with Crippen molar-refractivity contribution in [1.82, 2.24) is 4.72 Å². The molecule has 0 aromatic heterocycles. The van der Waals surface area contributed by atoms with Crippen LogP contribution in [0.15, 0.2) is 26.0 Å². The average Bonchev–Trinajstić information content (AvgIpc) is 2.11. The van der Waals surface area contributed by atoms with Gasteiger partial charge in [-0.05, 0) is 48.3 Å². The topological polar surface area (TPSA) is 92.4 Å². The van der Waals surface area contributed by atoms with Gasteiger partial charge in [-0.1, -0.05) is 15.9 Å². The summed E-state index contributed by atoms with van der Waals surface area (Å²) in [4.78, 5) is 0.00159. The van der Waals surface area contributed by atoms with Crippen LogP contribution in [0.1, 0.15) is 20.3 Å². The first-order valence-electron chi connectivity index (χ1n) is 5.48. The highest BCUT2D eigenvalue weighted by Gasteiger charge is 2.29. The van der Waals surface area contributed by atoms with Crippen LogP contribution in [0.5, 0.6) is 0 Å². The van der Waals surface area contributed by atoms with Gasteiger partial charge in [0, 0.05) is 21.1 Å². The van der Waals surface area contributed by atoms with Crippen LogP contribution in [-0.4, -0.2) is 25.7 Å². The third-order valence-electron chi connectivity index (χ3n) is 2.45. The molecule has 0 atom stereocenters. The number of nitrogens with two attached hydrogens (primary N) is 1. The molecule has 0 heterocycles. The fourth-order valence-corrected chi connectivity index (χ4v) is 5.12. The lowest BCUT2D eigenvalue weighted by atomic mass is 10.0. The highest BCUT2D eigenvalue weighted by atomic mass is 79.9. The monoisotopic (exact) mass is 414 g/mol. The summed E-state index contributed by atoms with van der Waals surface area (Å²) >= 11 is 6.44. The van der Waals surface area contributed by atoms with Crippen molar-refractivity contribution in [3.8, 4) is 0 Å². The van der Waals surface area contributed by atoms with Crippen molar-refractivity contribution in [3.63, 3.8) is 0 Å². The average molecular weight is 416 g/mol. The van der Waals surface area contributed by atoms with E-state index in [1.54, 1.807) is 19.9 Å². The molecule has 0 aliphatic rings. The van der Waals surface area contributed by atoms with Gasteiger partial charge >= 0.3 is 0 Å². The van der Waals surface area contributed by atoms with Crippen LogP contribution >= 0.6 is 31.9 Å². The van der Waals surface area contributed by atoms with E-state index in [4.69, 9.17) is 10.8 Å². The van der Waals surface area contributed by atoms with Crippen molar-refractivity contribution in [1.29, 1.82) is 0 Å². The van der Waals surface area contributed by atoms with E-state index < -0.39 is 15.6 Å². The van der Waals surface area contributed by atoms with E-state index in [-0.39, 0.29) is 17.2 Å². The molecule has 0 radical (unpaired) electrons. The Morgan fingerprint density at radius 2 is 1.95 bits per heavy atom. The van der Waals surface area contributed by atoms with Crippen molar-refractivity contribution >= 4 is 47.6 Å². The number of nitrogens with one attached hydrogen (secondary N) is 1. The molecule has 0 fully saturated rings.